The van der Waals surface area contributed by atoms with Crippen molar-refractivity contribution in [1.29, 1.82) is 0 Å². The van der Waals surface area contributed by atoms with Crippen LogP contribution in [0, 0.1) is 13.8 Å². The lowest BCUT2D eigenvalue weighted by Crippen LogP contribution is -2.39. The van der Waals surface area contributed by atoms with Gasteiger partial charge in [-0.2, -0.15) is 5.10 Å². The van der Waals surface area contributed by atoms with Crippen molar-refractivity contribution >= 4 is 21.6 Å². The van der Waals surface area contributed by atoms with E-state index in [9.17, 15) is 13.2 Å². The molecule has 0 aliphatic rings. The van der Waals surface area contributed by atoms with E-state index in [1.54, 1.807) is 18.7 Å². The van der Waals surface area contributed by atoms with E-state index >= 15 is 0 Å². The molecule has 1 aromatic carbocycles. The van der Waals surface area contributed by atoms with Crippen LogP contribution in [0.1, 0.15) is 25.2 Å². The Morgan fingerprint density at radius 2 is 1.73 bits per heavy atom. The number of carbonyl (C=O) groups excluding carboxylic acids is 1. The van der Waals surface area contributed by atoms with Gasteiger partial charge in [0, 0.05) is 25.8 Å². The minimum Gasteiger partial charge on any atom is -0.308 e. The van der Waals surface area contributed by atoms with Crippen LogP contribution in [0.4, 0.5) is 5.69 Å². The van der Waals surface area contributed by atoms with Crippen LogP contribution in [0.3, 0.4) is 0 Å². The van der Waals surface area contributed by atoms with Crippen LogP contribution in [0.5, 0.6) is 0 Å². The number of benzene rings is 1. The number of aromatic nitrogens is 2. The highest BCUT2D eigenvalue weighted by Gasteiger charge is 2.28. The minimum atomic E-state index is -3.62. The molecule has 0 spiro atoms. The number of para-hydroxylation sites is 1. The van der Waals surface area contributed by atoms with E-state index in [0.29, 0.717) is 11.4 Å². The van der Waals surface area contributed by atoms with Gasteiger partial charge in [0.05, 0.1) is 11.4 Å². The van der Waals surface area contributed by atoms with Gasteiger partial charge in [-0.15, -0.1) is 0 Å². The summed E-state index contributed by atoms with van der Waals surface area (Å²) in [6.45, 7) is 7.17. The topological polar surface area (TPSA) is 75.5 Å². The Labute approximate surface area is 155 Å². The molecular weight excluding hydrogens is 352 g/mol. The lowest BCUT2D eigenvalue weighted by Gasteiger charge is -2.27. The molecule has 1 amide bonds. The van der Waals surface area contributed by atoms with Crippen LogP contribution in [0.2, 0.25) is 0 Å². The van der Waals surface area contributed by atoms with Gasteiger partial charge in [-0.05, 0) is 39.8 Å². The Morgan fingerprint density at radius 1 is 1.15 bits per heavy atom. The zero-order valence-corrected chi connectivity index (χ0v) is 16.9. The number of sulfonamides is 1. The molecule has 0 saturated carbocycles. The average Bonchev–Trinajstić information content (AvgIpc) is 2.82. The summed E-state index contributed by atoms with van der Waals surface area (Å²) in [5.74, 6) is -0.148. The second-order valence-electron chi connectivity index (χ2n) is 6.64. The van der Waals surface area contributed by atoms with Crippen molar-refractivity contribution in [2.24, 2.45) is 0 Å². The van der Waals surface area contributed by atoms with Crippen LogP contribution in [0.25, 0.3) is 0 Å². The van der Waals surface area contributed by atoms with Gasteiger partial charge in [-0.25, -0.2) is 12.7 Å². The molecular formula is C18H26N4O3S. The summed E-state index contributed by atoms with van der Waals surface area (Å²) in [4.78, 5) is 14.8. The highest BCUT2D eigenvalue weighted by Crippen LogP contribution is 2.23. The Kier molecular flexibility index (Phi) is 5.87. The summed E-state index contributed by atoms with van der Waals surface area (Å²) < 4.78 is 27.6. The van der Waals surface area contributed by atoms with Gasteiger partial charge >= 0.3 is 0 Å². The molecule has 142 valence electrons. The normalized spacial score (nSPS) is 12.0. The molecule has 0 bridgehead atoms. The molecule has 0 atom stereocenters. The van der Waals surface area contributed by atoms with Gasteiger partial charge in [-0.3, -0.25) is 9.48 Å². The zero-order valence-electron chi connectivity index (χ0n) is 16.1. The highest BCUT2D eigenvalue weighted by molar-refractivity contribution is 7.89. The summed E-state index contributed by atoms with van der Waals surface area (Å²) in [7, 11) is -0.659. The number of aryl methyl sites for hydroxylation is 1. The van der Waals surface area contributed by atoms with Crippen LogP contribution in [-0.2, 0) is 21.4 Å². The molecule has 0 radical (unpaired) electrons. The van der Waals surface area contributed by atoms with Gasteiger partial charge in [0.25, 0.3) is 0 Å². The fraction of sp³-hybridized carbons (Fsp3) is 0.444. The molecule has 2 rings (SSSR count). The van der Waals surface area contributed by atoms with Crippen molar-refractivity contribution in [2.45, 2.75) is 45.2 Å². The Bertz CT molecular complexity index is 887. The van der Waals surface area contributed by atoms with Gasteiger partial charge < -0.3 is 4.90 Å². The first-order valence-corrected chi connectivity index (χ1v) is 9.85. The van der Waals surface area contributed by atoms with Crippen LogP contribution in [-0.4, -0.2) is 48.5 Å². The minimum absolute atomic E-state index is 0.0251. The lowest BCUT2D eigenvalue weighted by molar-refractivity contribution is -0.119. The largest absolute Gasteiger partial charge is 0.308 e. The average molecular weight is 378 g/mol. The number of rotatable bonds is 6. The fourth-order valence-corrected chi connectivity index (χ4v) is 4.17. The quantitative estimate of drug-likeness (QED) is 0.772. The lowest BCUT2D eigenvalue weighted by atomic mass is 10.2. The van der Waals surface area contributed by atoms with Gasteiger partial charge in [0.1, 0.15) is 11.4 Å². The van der Waals surface area contributed by atoms with Gasteiger partial charge in [-0.1, -0.05) is 18.2 Å². The number of hydrogen-bond donors (Lipinski definition) is 0. The number of amides is 1. The van der Waals surface area contributed by atoms with E-state index in [1.165, 1.54) is 18.8 Å². The van der Waals surface area contributed by atoms with Crippen LogP contribution >= 0.6 is 0 Å². The van der Waals surface area contributed by atoms with Crippen LogP contribution in [0.15, 0.2) is 35.2 Å². The smallest absolute Gasteiger partial charge is 0.248 e. The SMILES string of the molecule is Cc1nn(CC(=O)N(c2ccccc2)C(C)C)c(C)c1S(=O)(=O)N(C)C. The second kappa shape index (κ2) is 7.59. The Balaban J connectivity index is 2.38. The Morgan fingerprint density at radius 3 is 2.23 bits per heavy atom. The molecule has 8 heteroatoms. The van der Waals surface area contributed by atoms with E-state index < -0.39 is 10.0 Å². The maximum Gasteiger partial charge on any atom is 0.248 e. The zero-order chi connectivity index (χ0) is 19.6. The standard InChI is InChI=1S/C18H26N4O3S/c1-13(2)22(16-10-8-7-9-11-16)17(23)12-21-15(4)18(14(3)19-21)26(24,25)20(5)6/h7-11,13H,12H2,1-6H3. The summed E-state index contributed by atoms with van der Waals surface area (Å²) in [5, 5.41) is 4.30. The number of anilines is 1. The predicted octanol–water partition coefficient (Wildman–Crippen LogP) is 2.19. The Hall–Kier alpha value is -2.19. The number of hydrogen-bond acceptors (Lipinski definition) is 4. The molecule has 0 saturated heterocycles. The third kappa shape index (κ3) is 3.81. The van der Waals surface area contributed by atoms with Crippen molar-refractivity contribution < 1.29 is 13.2 Å². The van der Waals surface area contributed by atoms with Gasteiger partial charge in [0.15, 0.2) is 0 Å². The molecule has 1 heterocycles. The molecule has 0 aliphatic carbocycles. The third-order valence-corrected chi connectivity index (χ3v) is 6.23. The van der Waals surface area contributed by atoms with E-state index in [0.717, 1.165) is 9.99 Å². The van der Waals surface area contributed by atoms with Crippen molar-refractivity contribution in [3.05, 3.63) is 41.7 Å². The summed E-state index contributed by atoms with van der Waals surface area (Å²) in [6.07, 6.45) is 0. The summed E-state index contributed by atoms with van der Waals surface area (Å²) in [6, 6.07) is 9.37. The molecule has 0 aliphatic heterocycles. The molecule has 7 nitrogen and oxygen atoms in total. The summed E-state index contributed by atoms with van der Waals surface area (Å²) in [5.41, 5.74) is 1.65. The number of carbonyl (C=O) groups is 1. The van der Waals surface area contributed by atoms with Crippen molar-refractivity contribution in [3.63, 3.8) is 0 Å². The molecule has 0 unspecified atom stereocenters. The monoisotopic (exact) mass is 378 g/mol. The first-order valence-electron chi connectivity index (χ1n) is 8.41. The summed E-state index contributed by atoms with van der Waals surface area (Å²) >= 11 is 0. The second-order valence-corrected chi connectivity index (χ2v) is 8.73. The van der Waals surface area contributed by atoms with E-state index in [4.69, 9.17) is 0 Å². The van der Waals surface area contributed by atoms with E-state index in [-0.39, 0.29) is 23.4 Å². The maximum atomic E-state index is 12.9. The molecule has 0 fully saturated rings. The molecule has 2 aromatic rings. The molecule has 26 heavy (non-hydrogen) atoms. The first-order chi connectivity index (χ1) is 12.1. The van der Waals surface area contributed by atoms with E-state index in [1.807, 2.05) is 44.2 Å². The first kappa shape index (κ1) is 20.1. The van der Waals surface area contributed by atoms with Crippen molar-refractivity contribution in [1.82, 2.24) is 14.1 Å². The number of nitrogens with zero attached hydrogens (tertiary/aromatic N) is 4. The highest BCUT2D eigenvalue weighted by atomic mass is 32.2. The molecule has 0 N–H and O–H groups in total. The predicted molar refractivity (Wildman–Crippen MR) is 102 cm³/mol. The molecule has 1 aromatic heterocycles. The fourth-order valence-electron chi connectivity index (χ4n) is 2.91. The maximum absolute atomic E-state index is 12.9. The van der Waals surface area contributed by atoms with Crippen molar-refractivity contribution in [3.8, 4) is 0 Å². The van der Waals surface area contributed by atoms with Crippen LogP contribution < -0.4 is 4.90 Å². The van der Waals surface area contributed by atoms with Crippen molar-refractivity contribution in [2.75, 3.05) is 19.0 Å². The van der Waals surface area contributed by atoms with Gasteiger partial charge in [0.2, 0.25) is 15.9 Å². The third-order valence-electron chi connectivity index (χ3n) is 4.16. The van der Waals surface area contributed by atoms with E-state index in [2.05, 4.69) is 5.10 Å².